The van der Waals surface area contributed by atoms with Crippen molar-refractivity contribution in [3.8, 4) is 5.88 Å². The van der Waals surface area contributed by atoms with Gasteiger partial charge in [-0.15, -0.1) is 0 Å². The maximum Gasteiger partial charge on any atom is 0.230 e. The monoisotopic (exact) mass is 301 g/mol. The van der Waals surface area contributed by atoms with Crippen molar-refractivity contribution in [1.29, 1.82) is 0 Å². The molecule has 6 heteroatoms. The van der Waals surface area contributed by atoms with Crippen molar-refractivity contribution in [2.45, 2.75) is 37.1 Å². The molecular weight excluding hydrogens is 278 g/mol. The van der Waals surface area contributed by atoms with E-state index in [2.05, 4.69) is 16.6 Å². The highest BCUT2D eigenvalue weighted by molar-refractivity contribution is 7.99. The molecule has 1 fully saturated rings. The number of nitrogens with one attached hydrogen (secondary N) is 1. The summed E-state index contributed by atoms with van der Waals surface area (Å²) in [6, 6.07) is 0.645. The Bertz CT molecular complexity index is 409. The average Bonchev–Trinajstić information content (AvgIpc) is 3.02. The lowest BCUT2D eigenvalue weighted by Crippen LogP contribution is -2.25. The van der Waals surface area contributed by atoms with Gasteiger partial charge < -0.3 is 15.0 Å². The van der Waals surface area contributed by atoms with Crippen LogP contribution < -0.4 is 15.0 Å². The van der Waals surface area contributed by atoms with Crippen molar-refractivity contribution in [1.82, 2.24) is 10.3 Å². The fraction of sp³-hybridized carbons (Fsp3) is 0.769. The summed E-state index contributed by atoms with van der Waals surface area (Å²) in [6.07, 6.45) is 6.11. The number of hydrogen-bond acceptors (Lipinski definition) is 6. The molecule has 0 aliphatic heterocycles. The second-order valence-corrected chi connectivity index (χ2v) is 7.27. The van der Waals surface area contributed by atoms with Gasteiger partial charge in [0.2, 0.25) is 5.88 Å². The van der Waals surface area contributed by atoms with E-state index >= 15 is 0 Å². The fourth-order valence-electron chi connectivity index (χ4n) is 2.36. The minimum atomic E-state index is 0.645. The van der Waals surface area contributed by atoms with E-state index in [0.29, 0.717) is 6.04 Å². The van der Waals surface area contributed by atoms with Crippen molar-refractivity contribution in [3.05, 3.63) is 4.88 Å². The van der Waals surface area contributed by atoms with Gasteiger partial charge in [0.05, 0.1) is 12.0 Å². The van der Waals surface area contributed by atoms with Gasteiger partial charge in [-0.3, -0.25) is 0 Å². The van der Waals surface area contributed by atoms with Crippen LogP contribution in [0.4, 0.5) is 5.13 Å². The Balaban J connectivity index is 1.92. The molecule has 0 amide bonds. The molecule has 1 heterocycles. The van der Waals surface area contributed by atoms with E-state index in [1.165, 1.54) is 24.1 Å². The van der Waals surface area contributed by atoms with E-state index < -0.39 is 0 Å². The van der Waals surface area contributed by atoms with Gasteiger partial charge in [-0.2, -0.15) is 16.7 Å². The Morgan fingerprint density at radius 3 is 2.84 bits per heavy atom. The first-order valence-electron chi connectivity index (χ1n) is 6.61. The number of nitrogens with zero attached hydrogens (tertiary/aromatic N) is 2. The van der Waals surface area contributed by atoms with Gasteiger partial charge in [0.25, 0.3) is 0 Å². The highest BCUT2D eigenvalue weighted by Gasteiger charge is 2.24. The summed E-state index contributed by atoms with van der Waals surface area (Å²) in [7, 11) is 5.71. The molecule has 1 saturated carbocycles. The molecule has 2 rings (SSSR count). The van der Waals surface area contributed by atoms with E-state index in [1.54, 1.807) is 18.4 Å². The van der Waals surface area contributed by atoms with Crippen molar-refractivity contribution in [3.63, 3.8) is 0 Å². The molecule has 0 aromatic carbocycles. The molecule has 19 heavy (non-hydrogen) atoms. The third-order valence-electron chi connectivity index (χ3n) is 3.50. The van der Waals surface area contributed by atoms with Crippen molar-refractivity contribution in [2.75, 3.05) is 32.4 Å². The average molecular weight is 301 g/mol. The summed E-state index contributed by atoms with van der Waals surface area (Å²) < 4.78 is 5.36. The molecule has 1 N–H and O–H groups in total. The van der Waals surface area contributed by atoms with Crippen LogP contribution in [0, 0.1) is 0 Å². The van der Waals surface area contributed by atoms with Gasteiger partial charge >= 0.3 is 0 Å². The molecule has 1 aromatic heterocycles. The Morgan fingerprint density at radius 2 is 2.26 bits per heavy atom. The fourth-order valence-corrected chi connectivity index (χ4v) is 4.06. The van der Waals surface area contributed by atoms with Crippen LogP contribution >= 0.6 is 23.1 Å². The third kappa shape index (κ3) is 3.77. The van der Waals surface area contributed by atoms with Gasteiger partial charge in [0.15, 0.2) is 5.13 Å². The Kier molecular flexibility index (Phi) is 5.36. The van der Waals surface area contributed by atoms with Crippen LogP contribution in [0.3, 0.4) is 0 Å². The lowest BCUT2D eigenvalue weighted by atomic mass is 10.2. The van der Waals surface area contributed by atoms with E-state index in [1.807, 2.05) is 30.8 Å². The Morgan fingerprint density at radius 1 is 1.47 bits per heavy atom. The summed E-state index contributed by atoms with van der Waals surface area (Å²) in [4.78, 5) is 7.70. The molecule has 0 radical (unpaired) electrons. The number of ether oxygens (including phenoxy) is 1. The summed E-state index contributed by atoms with van der Waals surface area (Å²) >= 11 is 3.70. The number of methoxy groups -OCH3 is 1. The van der Waals surface area contributed by atoms with Crippen LogP contribution in [-0.4, -0.2) is 43.7 Å². The van der Waals surface area contributed by atoms with E-state index in [9.17, 15) is 0 Å². The van der Waals surface area contributed by atoms with Crippen LogP contribution in [0.25, 0.3) is 0 Å². The summed E-state index contributed by atoms with van der Waals surface area (Å²) in [5.74, 6) is 0.764. The van der Waals surface area contributed by atoms with Crippen LogP contribution in [0.2, 0.25) is 0 Å². The highest BCUT2D eigenvalue weighted by atomic mass is 32.2. The number of rotatable bonds is 6. The lowest BCUT2D eigenvalue weighted by Gasteiger charge is -2.12. The minimum absolute atomic E-state index is 0.645. The van der Waals surface area contributed by atoms with Gasteiger partial charge in [-0.05, 0) is 25.5 Å². The third-order valence-corrected chi connectivity index (χ3v) is 5.79. The highest BCUT2D eigenvalue weighted by Crippen LogP contribution is 2.32. The molecular formula is C13H23N3OS2. The van der Waals surface area contributed by atoms with Crippen LogP contribution in [0.1, 0.15) is 24.1 Å². The molecule has 2 unspecified atom stereocenters. The topological polar surface area (TPSA) is 37.4 Å². The molecule has 1 aliphatic carbocycles. The van der Waals surface area contributed by atoms with Crippen molar-refractivity contribution in [2.24, 2.45) is 0 Å². The first-order valence-corrected chi connectivity index (χ1v) is 8.71. The summed E-state index contributed by atoms with van der Waals surface area (Å²) in [5, 5.41) is 5.48. The quantitative estimate of drug-likeness (QED) is 0.874. The summed E-state index contributed by atoms with van der Waals surface area (Å²) in [6.45, 7) is 0.862. The van der Waals surface area contributed by atoms with Crippen LogP contribution in [0.15, 0.2) is 0 Å². The molecule has 2 atom stereocenters. The molecule has 0 spiro atoms. The molecule has 108 valence electrons. The number of thiazole rings is 1. The normalized spacial score (nSPS) is 22.7. The Labute approximate surface area is 123 Å². The zero-order valence-electron chi connectivity index (χ0n) is 12.1. The Hall–Kier alpha value is -0.460. The lowest BCUT2D eigenvalue weighted by molar-refractivity contribution is 0.392. The van der Waals surface area contributed by atoms with Gasteiger partial charge in [-0.1, -0.05) is 11.3 Å². The second kappa shape index (κ2) is 6.81. The molecule has 1 aromatic rings. The number of anilines is 1. The maximum atomic E-state index is 5.36. The van der Waals surface area contributed by atoms with Crippen molar-refractivity contribution < 1.29 is 4.74 Å². The molecule has 1 aliphatic rings. The number of thioether (sulfide) groups is 1. The van der Waals surface area contributed by atoms with Crippen LogP contribution in [0.5, 0.6) is 5.88 Å². The number of hydrogen-bond donors (Lipinski definition) is 1. The first kappa shape index (κ1) is 14.9. The van der Waals surface area contributed by atoms with Gasteiger partial charge in [0.1, 0.15) is 0 Å². The predicted octanol–water partition coefficient (Wildman–Crippen LogP) is 2.59. The smallest absolute Gasteiger partial charge is 0.230 e. The maximum absolute atomic E-state index is 5.36. The second-order valence-electron chi connectivity index (χ2n) is 5.07. The van der Waals surface area contributed by atoms with Gasteiger partial charge in [-0.25, -0.2) is 0 Å². The SMILES string of the molecule is COc1nc(N(C)C)sc1CNC1CCC(SC)C1. The van der Waals surface area contributed by atoms with E-state index in [-0.39, 0.29) is 0 Å². The van der Waals surface area contributed by atoms with E-state index in [0.717, 1.165) is 22.8 Å². The van der Waals surface area contributed by atoms with E-state index in [4.69, 9.17) is 4.74 Å². The largest absolute Gasteiger partial charge is 0.480 e. The zero-order valence-corrected chi connectivity index (χ0v) is 13.7. The van der Waals surface area contributed by atoms with Crippen LogP contribution in [-0.2, 0) is 6.54 Å². The molecule has 0 saturated heterocycles. The predicted molar refractivity (Wildman–Crippen MR) is 84.8 cm³/mol. The van der Waals surface area contributed by atoms with Gasteiger partial charge in [0, 0.05) is 31.9 Å². The zero-order chi connectivity index (χ0) is 13.8. The molecule has 4 nitrogen and oxygen atoms in total. The minimum Gasteiger partial charge on any atom is -0.480 e. The molecule has 0 bridgehead atoms. The summed E-state index contributed by atoms with van der Waals surface area (Å²) in [5.41, 5.74) is 0. The first-order chi connectivity index (χ1) is 9.13. The van der Waals surface area contributed by atoms with Crippen molar-refractivity contribution >= 4 is 28.2 Å². The standard InChI is InChI=1S/C13H23N3OS2/c1-16(2)13-15-12(17-3)11(19-13)8-14-9-5-6-10(7-9)18-4/h9-10,14H,5-8H2,1-4H3. The number of aromatic nitrogens is 1.